The number of pyridine rings is 1. The number of carbonyl (C=O) groups excluding carboxylic acids is 1. The molecular formula is C22H16F2N4O3. The number of guanidine groups is 1. The topological polar surface area (TPSA) is 90.0 Å². The minimum absolute atomic E-state index is 0.0338. The maximum Gasteiger partial charge on any atom is 0.387 e. The average Bonchev–Trinajstić information content (AvgIpc) is 2.98. The van der Waals surface area contributed by atoms with E-state index in [2.05, 4.69) is 14.7 Å². The molecule has 2 aliphatic rings. The first-order valence-electron chi connectivity index (χ1n) is 9.36. The fourth-order valence-corrected chi connectivity index (χ4v) is 3.95. The lowest BCUT2D eigenvalue weighted by Gasteiger charge is -2.33. The van der Waals surface area contributed by atoms with Crippen LogP contribution in [0.25, 0.3) is 11.1 Å². The van der Waals surface area contributed by atoms with Crippen molar-refractivity contribution in [2.75, 3.05) is 7.05 Å². The molecule has 9 heteroatoms. The van der Waals surface area contributed by atoms with E-state index in [0.29, 0.717) is 33.8 Å². The molecule has 0 radical (unpaired) electrons. The van der Waals surface area contributed by atoms with Crippen molar-refractivity contribution in [2.45, 2.75) is 12.2 Å². The van der Waals surface area contributed by atoms with E-state index in [4.69, 9.17) is 10.5 Å². The minimum Gasteiger partial charge on any atom is -0.455 e. The standard InChI is InChI=1S/C22H16F2N4O3/c1-28-19(29)22(27-21(28)25)15-7-8-26-11-18(15)31-17-6-5-13(10-16(17)22)12-3-2-4-14(9-12)30-20(23)24/h2-11,20H,1H3,(H2,25,27). The van der Waals surface area contributed by atoms with Crippen molar-refractivity contribution in [3.8, 4) is 28.4 Å². The number of aromatic nitrogens is 1. The summed E-state index contributed by atoms with van der Waals surface area (Å²) in [5, 5.41) is 0. The Balaban J connectivity index is 1.70. The van der Waals surface area contributed by atoms with E-state index in [1.807, 2.05) is 0 Å². The summed E-state index contributed by atoms with van der Waals surface area (Å²) in [6.07, 6.45) is 3.08. The van der Waals surface area contributed by atoms with Gasteiger partial charge in [0.05, 0.1) is 6.20 Å². The molecule has 7 nitrogen and oxygen atoms in total. The van der Waals surface area contributed by atoms with Gasteiger partial charge in [-0.05, 0) is 41.5 Å². The lowest BCUT2D eigenvalue weighted by Crippen LogP contribution is -2.42. The summed E-state index contributed by atoms with van der Waals surface area (Å²) in [5.41, 5.74) is 6.93. The lowest BCUT2D eigenvalue weighted by molar-refractivity contribution is -0.129. The van der Waals surface area contributed by atoms with Crippen LogP contribution < -0.4 is 15.2 Å². The molecule has 31 heavy (non-hydrogen) atoms. The molecule has 1 spiro atoms. The maximum atomic E-state index is 13.4. The lowest BCUT2D eigenvalue weighted by atomic mass is 9.79. The van der Waals surface area contributed by atoms with Gasteiger partial charge in [-0.15, -0.1) is 0 Å². The van der Waals surface area contributed by atoms with E-state index in [1.165, 1.54) is 23.2 Å². The number of rotatable bonds is 3. The third kappa shape index (κ3) is 2.81. The van der Waals surface area contributed by atoms with E-state index in [-0.39, 0.29) is 17.6 Å². The van der Waals surface area contributed by atoms with Crippen LogP contribution in [0.2, 0.25) is 0 Å². The van der Waals surface area contributed by atoms with Gasteiger partial charge in [-0.2, -0.15) is 8.78 Å². The molecule has 1 atom stereocenters. The van der Waals surface area contributed by atoms with Crippen molar-refractivity contribution in [2.24, 2.45) is 10.7 Å². The zero-order valence-electron chi connectivity index (χ0n) is 16.3. The normalized spacial score (nSPS) is 19.2. The highest BCUT2D eigenvalue weighted by Gasteiger charge is 2.54. The molecule has 1 unspecified atom stereocenters. The fraction of sp³-hybridized carbons (Fsp3) is 0.136. The number of fused-ring (bicyclic) bond motifs is 4. The minimum atomic E-state index is -2.93. The molecule has 0 saturated heterocycles. The number of halogens is 2. The molecular weight excluding hydrogens is 406 g/mol. The zero-order valence-corrected chi connectivity index (χ0v) is 16.3. The summed E-state index contributed by atoms with van der Waals surface area (Å²) in [7, 11) is 1.56. The average molecular weight is 422 g/mol. The van der Waals surface area contributed by atoms with Crippen LogP contribution in [0.5, 0.6) is 17.2 Å². The number of nitrogens with zero attached hydrogens (tertiary/aromatic N) is 3. The van der Waals surface area contributed by atoms with Crippen LogP contribution in [0.4, 0.5) is 8.78 Å². The number of carbonyl (C=O) groups is 1. The largest absolute Gasteiger partial charge is 0.455 e. The van der Waals surface area contributed by atoms with Gasteiger partial charge < -0.3 is 15.2 Å². The van der Waals surface area contributed by atoms with Gasteiger partial charge in [-0.1, -0.05) is 18.2 Å². The van der Waals surface area contributed by atoms with Crippen LogP contribution in [0.15, 0.2) is 65.9 Å². The van der Waals surface area contributed by atoms with Gasteiger partial charge in [0, 0.05) is 24.4 Å². The number of aliphatic imine (C=N–C) groups is 1. The monoisotopic (exact) mass is 422 g/mol. The van der Waals surface area contributed by atoms with E-state index in [1.54, 1.807) is 49.6 Å². The molecule has 1 amide bonds. The molecule has 3 heterocycles. The third-order valence-electron chi connectivity index (χ3n) is 5.40. The van der Waals surface area contributed by atoms with E-state index < -0.39 is 12.2 Å². The molecule has 156 valence electrons. The van der Waals surface area contributed by atoms with Crippen LogP contribution in [-0.4, -0.2) is 35.4 Å². The number of amides is 1. The van der Waals surface area contributed by atoms with Crippen molar-refractivity contribution < 1.29 is 23.0 Å². The second-order valence-electron chi connectivity index (χ2n) is 7.14. The highest BCUT2D eigenvalue weighted by Crippen LogP contribution is 2.52. The molecule has 5 rings (SSSR count). The second-order valence-corrected chi connectivity index (χ2v) is 7.14. The molecule has 2 aromatic carbocycles. The predicted molar refractivity (Wildman–Crippen MR) is 108 cm³/mol. The Hall–Kier alpha value is -4.01. The van der Waals surface area contributed by atoms with Gasteiger partial charge in [-0.3, -0.25) is 14.7 Å². The van der Waals surface area contributed by atoms with Crippen molar-refractivity contribution in [3.05, 3.63) is 72.1 Å². The van der Waals surface area contributed by atoms with Crippen molar-refractivity contribution in [1.29, 1.82) is 0 Å². The second kappa shape index (κ2) is 6.76. The van der Waals surface area contributed by atoms with Crippen LogP contribution in [-0.2, 0) is 10.3 Å². The SMILES string of the molecule is CN1C(=O)C2(N=C1N)c1ccncc1Oc1ccc(-c3cccc(OC(F)F)c3)cc12. The van der Waals surface area contributed by atoms with Crippen LogP contribution >= 0.6 is 0 Å². The Morgan fingerprint density at radius 3 is 2.65 bits per heavy atom. The Bertz CT molecular complexity index is 1250. The number of likely N-dealkylation sites (N-methyl/N-ethyl adjacent to an activating group) is 1. The predicted octanol–water partition coefficient (Wildman–Crippen LogP) is 3.49. The van der Waals surface area contributed by atoms with Gasteiger partial charge in [0.1, 0.15) is 11.5 Å². The molecule has 1 aromatic heterocycles. The zero-order chi connectivity index (χ0) is 21.8. The third-order valence-corrected chi connectivity index (χ3v) is 5.40. The summed E-state index contributed by atoms with van der Waals surface area (Å²) in [5.74, 6) is 0.638. The first-order chi connectivity index (χ1) is 14.9. The summed E-state index contributed by atoms with van der Waals surface area (Å²) in [4.78, 5) is 23.3. The van der Waals surface area contributed by atoms with E-state index in [0.717, 1.165) is 0 Å². The number of hydrogen-bond acceptors (Lipinski definition) is 6. The Morgan fingerprint density at radius 2 is 1.90 bits per heavy atom. The van der Waals surface area contributed by atoms with Crippen LogP contribution in [0.3, 0.4) is 0 Å². The van der Waals surface area contributed by atoms with E-state index in [9.17, 15) is 13.6 Å². The Kier molecular flexibility index (Phi) is 4.14. The highest BCUT2D eigenvalue weighted by atomic mass is 19.3. The number of alkyl halides is 2. The van der Waals surface area contributed by atoms with Gasteiger partial charge in [0.2, 0.25) is 5.54 Å². The summed E-state index contributed by atoms with van der Waals surface area (Å²) in [6, 6.07) is 13.2. The number of benzene rings is 2. The van der Waals surface area contributed by atoms with Gasteiger partial charge in [0.25, 0.3) is 5.91 Å². The number of hydrogen-bond donors (Lipinski definition) is 1. The summed E-state index contributed by atoms with van der Waals surface area (Å²) < 4.78 is 35.7. The molecule has 3 aromatic rings. The van der Waals surface area contributed by atoms with Crippen molar-refractivity contribution >= 4 is 11.9 Å². The van der Waals surface area contributed by atoms with Crippen LogP contribution in [0, 0.1) is 0 Å². The molecule has 0 saturated carbocycles. The summed E-state index contributed by atoms with van der Waals surface area (Å²) >= 11 is 0. The molecule has 2 aliphatic heterocycles. The molecule has 0 bridgehead atoms. The Morgan fingerprint density at radius 1 is 1.10 bits per heavy atom. The summed E-state index contributed by atoms with van der Waals surface area (Å²) in [6.45, 7) is -2.93. The van der Waals surface area contributed by atoms with E-state index >= 15 is 0 Å². The van der Waals surface area contributed by atoms with Crippen molar-refractivity contribution in [1.82, 2.24) is 9.88 Å². The Labute approximate surface area is 175 Å². The smallest absolute Gasteiger partial charge is 0.387 e. The maximum absolute atomic E-state index is 13.4. The number of ether oxygens (including phenoxy) is 2. The molecule has 0 aliphatic carbocycles. The van der Waals surface area contributed by atoms with Crippen molar-refractivity contribution in [3.63, 3.8) is 0 Å². The van der Waals surface area contributed by atoms with Crippen LogP contribution in [0.1, 0.15) is 11.1 Å². The number of nitrogens with two attached hydrogens (primary N) is 1. The van der Waals surface area contributed by atoms with Gasteiger partial charge in [-0.25, -0.2) is 4.99 Å². The first-order valence-corrected chi connectivity index (χ1v) is 9.36. The highest BCUT2D eigenvalue weighted by molar-refractivity contribution is 6.10. The molecule has 0 fully saturated rings. The van der Waals surface area contributed by atoms with Gasteiger partial charge >= 0.3 is 6.61 Å². The fourth-order valence-electron chi connectivity index (χ4n) is 3.95. The molecule has 2 N–H and O–H groups in total. The quantitative estimate of drug-likeness (QED) is 0.698. The first kappa shape index (κ1) is 19.0. The van der Waals surface area contributed by atoms with Gasteiger partial charge in [0.15, 0.2) is 11.7 Å².